The fraction of sp³-hybridized carbons (Fsp3) is 0.833. The molecule has 96 valence electrons. The second-order valence-electron chi connectivity index (χ2n) is 4.95. The average molecular weight is 241 g/mol. The molecule has 1 atom stereocenters. The number of amides is 1. The zero-order chi connectivity index (χ0) is 12.3. The van der Waals surface area contributed by atoms with Gasteiger partial charge in [0.15, 0.2) is 0 Å². The van der Waals surface area contributed by atoms with E-state index in [0.29, 0.717) is 19.7 Å². The molecule has 5 nitrogen and oxygen atoms in total. The predicted molar refractivity (Wildman–Crippen MR) is 60.5 cm³/mol. The van der Waals surface area contributed by atoms with Gasteiger partial charge < -0.3 is 14.7 Å². The molecule has 1 saturated heterocycles. The Labute approximate surface area is 101 Å². The number of carboxylic acid groups (broad SMARTS) is 1. The number of likely N-dealkylation sites (tertiary alicyclic amines) is 1. The van der Waals surface area contributed by atoms with Crippen molar-refractivity contribution >= 4 is 11.9 Å². The lowest BCUT2D eigenvalue weighted by Crippen LogP contribution is -2.28. The van der Waals surface area contributed by atoms with E-state index in [9.17, 15) is 9.59 Å². The molecule has 0 aromatic rings. The van der Waals surface area contributed by atoms with Crippen LogP contribution in [-0.4, -0.2) is 48.2 Å². The zero-order valence-corrected chi connectivity index (χ0v) is 9.93. The third kappa shape index (κ3) is 3.70. The van der Waals surface area contributed by atoms with Crippen LogP contribution in [-0.2, 0) is 14.3 Å². The monoisotopic (exact) mass is 241 g/mol. The summed E-state index contributed by atoms with van der Waals surface area (Å²) in [5, 5.41) is 8.82. The lowest BCUT2D eigenvalue weighted by Gasteiger charge is -2.15. The van der Waals surface area contributed by atoms with Crippen molar-refractivity contribution in [3.63, 3.8) is 0 Å². The first-order chi connectivity index (χ1) is 8.16. The molecule has 2 aliphatic rings. The number of carbonyl (C=O) groups excluding carboxylic acids is 1. The smallest absolute Gasteiger partial charge is 0.308 e. The Morgan fingerprint density at radius 2 is 2.24 bits per heavy atom. The third-order valence-corrected chi connectivity index (χ3v) is 3.33. The minimum Gasteiger partial charge on any atom is -0.481 e. The maximum Gasteiger partial charge on any atom is 0.308 e. The molecule has 2 fully saturated rings. The SMILES string of the molecule is O=C(O)C1CC(=O)N(CCCOCC2CC2)C1. The second-order valence-corrected chi connectivity index (χ2v) is 4.95. The van der Waals surface area contributed by atoms with Crippen LogP contribution in [0.15, 0.2) is 0 Å². The van der Waals surface area contributed by atoms with Gasteiger partial charge in [0.1, 0.15) is 0 Å². The van der Waals surface area contributed by atoms with Gasteiger partial charge in [-0.3, -0.25) is 9.59 Å². The molecule has 1 heterocycles. The van der Waals surface area contributed by atoms with Gasteiger partial charge in [0.05, 0.1) is 5.92 Å². The van der Waals surface area contributed by atoms with Crippen LogP contribution < -0.4 is 0 Å². The quantitative estimate of drug-likeness (QED) is 0.667. The summed E-state index contributed by atoms with van der Waals surface area (Å²) in [6.45, 7) is 2.48. The fourth-order valence-electron chi connectivity index (χ4n) is 2.05. The van der Waals surface area contributed by atoms with Gasteiger partial charge in [0, 0.05) is 32.7 Å². The standard InChI is InChI=1S/C12H19NO4/c14-11-6-10(12(15)16)7-13(11)4-1-5-17-8-9-2-3-9/h9-10H,1-8H2,(H,15,16). The van der Waals surface area contributed by atoms with E-state index in [0.717, 1.165) is 18.9 Å². The third-order valence-electron chi connectivity index (χ3n) is 3.33. The number of carboxylic acids is 1. The Kier molecular flexibility index (Phi) is 3.99. The number of nitrogens with zero attached hydrogens (tertiary/aromatic N) is 1. The Morgan fingerprint density at radius 3 is 2.82 bits per heavy atom. The molecule has 0 bridgehead atoms. The molecule has 1 unspecified atom stereocenters. The Morgan fingerprint density at radius 1 is 1.47 bits per heavy atom. The van der Waals surface area contributed by atoms with Gasteiger partial charge >= 0.3 is 5.97 Å². The van der Waals surface area contributed by atoms with Gasteiger partial charge in [-0.2, -0.15) is 0 Å². The van der Waals surface area contributed by atoms with Crippen molar-refractivity contribution in [2.24, 2.45) is 11.8 Å². The molecular formula is C12H19NO4. The van der Waals surface area contributed by atoms with E-state index in [2.05, 4.69) is 0 Å². The Bertz CT molecular complexity index is 301. The molecule has 1 aliphatic carbocycles. The van der Waals surface area contributed by atoms with E-state index >= 15 is 0 Å². The van der Waals surface area contributed by atoms with Gasteiger partial charge in [0.25, 0.3) is 0 Å². The number of hydrogen-bond acceptors (Lipinski definition) is 3. The highest BCUT2D eigenvalue weighted by atomic mass is 16.5. The predicted octanol–water partition coefficient (Wildman–Crippen LogP) is 0.736. The Hall–Kier alpha value is -1.10. The molecule has 17 heavy (non-hydrogen) atoms. The van der Waals surface area contributed by atoms with E-state index in [1.807, 2.05) is 0 Å². The molecule has 0 aromatic carbocycles. The van der Waals surface area contributed by atoms with Crippen molar-refractivity contribution < 1.29 is 19.4 Å². The van der Waals surface area contributed by atoms with Crippen LogP contribution >= 0.6 is 0 Å². The first-order valence-electron chi connectivity index (χ1n) is 6.25. The summed E-state index contributed by atoms with van der Waals surface area (Å²) in [6.07, 6.45) is 3.51. The zero-order valence-electron chi connectivity index (χ0n) is 9.93. The summed E-state index contributed by atoms with van der Waals surface area (Å²) in [6, 6.07) is 0. The van der Waals surface area contributed by atoms with E-state index in [1.165, 1.54) is 12.8 Å². The van der Waals surface area contributed by atoms with Crippen molar-refractivity contribution in [3.05, 3.63) is 0 Å². The maximum absolute atomic E-state index is 11.5. The van der Waals surface area contributed by atoms with Gasteiger partial charge in [-0.1, -0.05) is 0 Å². The maximum atomic E-state index is 11.5. The van der Waals surface area contributed by atoms with Crippen LogP contribution in [0.4, 0.5) is 0 Å². The van der Waals surface area contributed by atoms with Gasteiger partial charge in [0.2, 0.25) is 5.91 Å². The molecular weight excluding hydrogens is 222 g/mol. The fourth-order valence-corrected chi connectivity index (χ4v) is 2.05. The highest BCUT2D eigenvalue weighted by molar-refractivity contribution is 5.86. The first kappa shape index (κ1) is 12.4. The van der Waals surface area contributed by atoms with Crippen LogP contribution in [0.5, 0.6) is 0 Å². The summed E-state index contributed by atoms with van der Waals surface area (Å²) >= 11 is 0. The molecule has 0 aromatic heterocycles. The van der Waals surface area contributed by atoms with E-state index in [4.69, 9.17) is 9.84 Å². The number of aliphatic carboxylic acids is 1. The molecule has 1 N–H and O–H groups in total. The van der Waals surface area contributed by atoms with Crippen molar-refractivity contribution in [1.82, 2.24) is 4.90 Å². The van der Waals surface area contributed by atoms with Crippen LogP contribution in [0.3, 0.4) is 0 Å². The molecule has 2 rings (SSSR count). The number of hydrogen-bond donors (Lipinski definition) is 1. The van der Waals surface area contributed by atoms with Crippen LogP contribution in [0.1, 0.15) is 25.7 Å². The van der Waals surface area contributed by atoms with Crippen molar-refractivity contribution in [2.45, 2.75) is 25.7 Å². The van der Waals surface area contributed by atoms with E-state index in [1.54, 1.807) is 4.90 Å². The normalized spacial score (nSPS) is 24.4. The van der Waals surface area contributed by atoms with Crippen molar-refractivity contribution in [2.75, 3.05) is 26.3 Å². The topological polar surface area (TPSA) is 66.8 Å². The molecule has 0 spiro atoms. The van der Waals surface area contributed by atoms with Gasteiger partial charge in [-0.25, -0.2) is 0 Å². The second kappa shape index (κ2) is 5.49. The number of carbonyl (C=O) groups is 2. The van der Waals surface area contributed by atoms with Crippen LogP contribution in [0.25, 0.3) is 0 Å². The number of rotatable bonds is 7. The average Bonchev–Trinajstić information content (AvgIpc) is 3.02. The van der Waals surface area contributed by atoms with Crippen molar-refractivity contribution in [1.29, 1.82) is 0 Å². The summed E-state index contributed by atoms with van der Waals surface area (Å²) in [5.41, 5.74) is 0. The van der Waals surface area contributed by atoms with E-state index < -0.39 is 11.9 Å². The number of ether oxygens (including phenoxy) is 1. The molecule has 5 heteroatoms. The molecule has 1 saturated carbocycles. The lowest BCUT2D eigenvalue weighted by molar-refractivity contribution is -0.141. The van der Waals surface area contributed by atoms with Crippen molar-refractivity contribution in [3.8, 4) is 0 Å². The highest BCUT2D eigenvalue weighted by Crippen LogP contribution is 2.28. The van der Waals surface area contributed by atoms with Gasteiger partial charge in [-0.05, 0) is 25.2 Å². The summed E-state index contributed by atoms with van der Waals surface area (Å²) in [5.74, 6) is -0.667. The first-order valence-corrected chi connectivity index (χ1v) is 6.25. The largest absolute Gasteiger partial charge is 0.481 e. The van der Waals surface area contributed by atoms with Crippen LogP contribution in [0, 0.1) is 11.8 Å². The summed E-state index contributed by atoms with van der Waals surface area (Å²) in [7, 11) is 0. The summed E-state index contributed by atoms with van der Waals surface area (Å²) < 4.78 is 5.47. The molecule has 1 aliphatic heterocycles. The van der Waals surface area contributed by atoms with Crippen LogP contribution in [0.2, 0.25) is 0 Å². The minimum atomic E-state index is -0.870. The lowest BCUT2D eigenvalue weighted by atomic mass is 10.1. The molecule has 1 amide bonds. The molecule has 0 radical (unpaired) electrons. The van der Waals surface area contributed by atoms with Gasteiger partial charge in [-0.15, -0.1) is 0 Å². The van der Waals surface area contributed by atoms with E-state index in [-0.39, 0.29) is 12.3 Å². The summed E-state index contributed by atoms with van der Waals surface area (Å²) in [4.78, 5) is 23.9. The highest BCUT2D eigenvalue weighted by Gasteiger charge is 2.33. The Balaban J connectivity index is 1.58. The minimum absolute atomic E-state index is 0.0420.